The van der Waals surface area contributed by atoms with Crippen LogP contribution in [-0.4, -0.2) is 9.97 Å². The van der Waals surface area contributed by atoms with Crippen LogP contribution in [0.3, 0.4) is 0 Å². The first-order chi connectivity index (χ1) is 12.6. The summed E-state index contributed by atoms with van der Waals surface area (Å²) in [5.41, 5.74) is 5.96. The molecule has 5 nitrogen and oxygen atoms in total. The number of H-pyrrole nitrogens is 2. The lowest BCUT2D eigenvalue weighted by atomic mass is 9.97. The van der Waals surface area contributed by atoms with Gasteiger partial charge in [-0.15, -0.1) is 8.97 Å². The molecule has 26 heavy (non-hydrogen) atoms. The van der Waals surface area contributed by atoms with E-state index in [1.165, 1.54) is 5.56 Å². The van der Waals surface area contributed by atoms with Gasteiger partial charge >= 0.3 is 12.1 Å². The Hall–Kier alpha value is -3.13. The van der Waals surface area contributed by atoms with E-state index in [1.807, 2.05) is 30.9 Å². The number of hydrogen-bond acceptors (Lipinski definition) is 1. The summed E-state index contributed by atoms with van der Waals surface area (Å²) in [4.78, 5) is 6.60. The van der Waals surface area contributed by atoms with E-state index >= 15 is 0 Å². The van der Waals surface area contributed by atoms with Crippen molar-refractivity contribution in [1.82, 2.24) is 9.97 Å². The lowest BCUT2D eigenvalue weighted by Gasteiger charge is -2.10. The Labute approximate surface area is 152 Å². The molecule has 0 saturated heterocycles. The van der Waals surface area contributed by atoms with Crippen molar-refractivity contribution in [3.8, 4) is 11.9 Å². The van der Waals surface area contributed by atoms with Crippen molar-refractivity contribution in [3.05, 3.63) is 59.7 Å². The number of aromatic nitrogens is 4. The second kappa shape index (κ2) is 6.30. The van der Waals surface area contributed by atoms with Crippen LogP contribution in [0.15, 0.2) is 43.0 Å². The average Bonchev–Trinajstić information content (AvgIpc) is 3.27. The van der Waals surface area contributed by atoms with Crippen LogP contribution >= 0.6 is 0 Å². The molecule has 1 aromatic carbocycles. The topological polar surface area (TPSA) is 63.3 Å². The summed E-state index contributed by atoms with van der Waals surface area (Å²) >= 11 is 0. The van der Waals surface area contributed by atoms with E-state index in [-0.39, 0.29) is 0 Å². The van der Waals surface area contributed by atoms with Gasteiger partial charge in [0.05, 0.1) is 11.1 Å². The number of pyridine rings is 1. The minimum Gasteiger partial charge on any atom is -0.310 e. The summed E-state index contributed by atoms with van der Waals surface area (Å²) in [7, 11) is 0. The van der Waals surface area contributed by atoms with Gasteiger partial charge in [-0.2, -0.15) is 5.26 Å². The lowest BCUT2D eigenvalue weighted by Crippen LogP contribution is -2.44. The Balaban J connectivity index is 2.17. The highest BCUT2D eigenvalue weighted by Crippen LogP contribution is 2.24. The third-order valence-corrected chi connectivity index (χ3v) is 5.04. The van der Waals surface area contributed by atoms with Crippen LogP contribution in [-0.2, 0) is 6.42 Å². The van der Waals surface area contributed by atoms with Gasteiger partial charge in [-0.25, -0.2) is 4.98 Å². The number of aromatic amines is 2. The number of nitrogens with zero attached hydrogens (tertiary/aromatic N) is 3. The van der Waals surface area contributed by atoms with Gasteiger partial charge in [-0.05, 0) is 43.4 Å². The first kappa shape index (κ1) is 16.3. The molecule has 4 rings (SSSR count). The van der Waals surface area contributed by atoms with Gasteiger partial charge in [0.15, 0.2) is 17.9 Å². The molecule has 130 valence electrons. The highest BCUT2D eigenvalue weighted by atomic mass is 15.2. The number of benzene rings is 1. The number of hydrogen-bond donors (Lipinski definition) is 2. The van der Waals surface area contributed by atoms with Gasteiger partial charge < -0.3 is 4.98 Å². The molecule has 0 radical (unpaired) electrons. The minimum absolute atomic E-state index is 0.604. The third kappa shape index (κ3) is 2.46. The lowest BCUT2D eigenvalue weighted by molar-refractivity contribution is -0.698. The van der Waals surface area contributed by atoms with E-state index in [1.54, 1.807) is 0 Å². The van der Waals surface area contributed by atoms with Crippen molar-refractivity contribution in [2.45, 2.75) is 33.6 Å². The molecule has 0 saturated carbocycles. The number of imidazole rings is 2. The molecule has 0 unspecified atom stereocenters. The first-order valence-corrected chi connectivity index (χ1v) is 9.04. The predicted molar refractivity (Wildman–Crippen MR) is 100.0 cm³/mol. The molecule has 0 fully saturated rings. The maximum Gasteiger partial charge on any atom is 0.355 e. The molecule has 0 bridgehead atoms. The molecule has 3 aromatic heterocycles. The number of nitrogens with one attached hydrogen (secondary N) is 2. The SMILES string of the molecule is Cc1c(CCC(C)C)c(-[n+]2cc[nH]c2)[n+]2c([nH]c3ccccc32)c1C#N. The van der Waals surface area contributed by atoms with Crippen LogP contribution in [0.2, 0.25) is 0 Å². The van der Waals surface area contributed by atoms with E-state index in [2.05, 4.69) is 57.9 Å². The minimum atomic E-state index is 0.604. The molecule has 0 spiro atoms. The van der Waals surface area contributed by atoms with Crippen LogP contribution in [0.4, 0.5) is 0 Å². The highest BCUT2D eigenvalue weighted by molar-refractivity contribution is 5.77. The summed E-state index contributed by atoms with van der Waals surface area (Å²) < 4.78 is 4.29. The molecule has 0 aliphatic rings. The normalized spacial score (nSPS) is 11.5. The van der Waals surface area contributed by atoms with E-state index < -0.39 is 0 Å². The van der Waals surface area contributed by atoms with Crippen molar-refractivity contribution in [1.29, 1.82) is 5.26 Å². The summed E-state index contributed by atoms with van der Waals surface area (Å²) in [5.74, 6) is 1.70. The van der Waals surface area contributed by atoms with Gasteiger partial charge in [0, 0.05) is 0 Å². The second-order valence-electron chi connectivity index (χ2n) is 7.19. The largest absolute Gasteiger partial charge is 0.355 e. The fourth-order valence-corrected chi connectivity index (χ4v) is 3.67. The highest BCUT2D eigenvalue weighted by Gasteiger charge is 2.30. The van der Waals surface area contributed by atoms with E-state index in [9.17, 15) is 5.26 Å². The molecule has 5 heteroatoms. The van der Waals surface area contributed by atoms with Crippen LogP contribution in [0.5, 0.6) is 0 Å². The Morgan fingerprint density at radius 3 is 2.73 bits per heavy atom. The summed E-state index contributed by atoms with van der Waals surface area (Å²) in [6.07, 6.45) is 7.91. The number of fused-ring (bicyclic) bond motifs is 3. The Morgan fingerprint density at radius 2 is 2.04 bits per heavy atom. The van der Waals surface area contributed by atoms with Crippen molar-refractivity contribution < 1.29 is 8.97 Å². The van der Waals surface area contributed by atoms with Gasteiger partial charge in [-0.3, -0.25) is 0 Å². The fraction of sp³-hybridized carbons (Fsp3) is 0.286. The van der Waals surface area contributed by atoms with Crippen molar-refractivity contribution in [2.75, 3.05) is 0 Å². The number of para-hydroxylation sites is 2. The van der Waals surface area contributed by atoms with Gasteiger partial charge in [0.1, 0.15) is 11.6 Å². The maximum atomic E-state index is 9.87. The van der Waals surface area contributed by atoms with Crippen LogP contribution in [0, 0.1) is 24.2 Å². The Morgan fingerprint density at radius 1 is 1.23 bits per heavy atom. The van der Waals surface area contributed by atoms with Crippen LogP contribution < -0.4 is 8.97 Å². The predicted octanol–water partition coefficient (Wildman–Crippen LogP) is 3.28. The first-order valence-electron chi connectivity index (χ1n) is 9.04. The quantitative estimate of drug-likeness (QED) is 0.548. The summed E-state index contributed by atoms with van der Waals surface area (Å²) in [6, 6.07) is 10.6. The molecular formula is C21H23N5+2. The van der Waals surface area contributed by atoms with Gasteiger partial charge in [0.2, 0.25) is 0 Å². The zero-order valence-electron chi connectivity index (χ0n) is 15.4. The van der Waals surface area contributed by atoms with E-state index in [0.29, 0.717) is 5.92 Å². The molecule has 4 aromatic rings. The molecule has 3 heterocycles. The molecule has 0 aliphatic heterocycles. The van der Waals surface area contributed by atoms with Crippen molar-refractivity contribution in [2.24, 2.45) is 5.92 Å². The Bertz CT molecular complexity index is 1130. The molecule has 0 aliphatic carbocycles. The average molecular weight is 345 g/mol. The zero-order chi connectivity index (χ0) is 18.3. The van der Waals surface area contributed by atoms with Gasteiger partial charge in [-0.1, -0.05) is 26.0 Å². The molecular weight excluding hydrogens is 322 g/mol. The summed E-state index contributed by atoms with van der Waals surface area (Å²) in [5, 5.41) is 9.87. The molecule has 2 N–H and O–H groups in total. The third-order valence-electron chi connectivity index (χ3n) is 5.04. The fourth-order valence-electron chi connectivity index (χ4n) is 3.67. The Kier molecular flexibility index (Phi) is 3.96. The van der Waals surface area contributed by atoms with Crippen molar-refractivity contribution >= 4 is 16.7 Å². The second-order valence-corrected chi connectivity index (χ2v) is 7.19. The summed E-state index contributed by atoms with van der Waals surface area (Å²) in [6.45, 7) is 6.54. The number of nitriles is 1. The molecule has 0 atom stereocenters. The zero-order valence-corrected chi connectivity index (χ0v) is 15.4. The monoisotopic (exact) mass is 345 g/mol. The van der Waals surface area contributed by atoms with Crippen LogP contribution in [0.25, 0.3) is 22.5 Å². The van der Waals surface area contributed by atoms with Gasteiger partial charge in [0.25, 0.3) is 5.65 Å². The maximum absolute atomic E-state index is 9.87. The molecule has 0 amide bonds. The van der Waals surface area contributed by atoms with Crippen molar-refractivity contribution in [3.63, 3.8) is 0 Å². The van der Waals surface area contributed by atoms with E-state index in [4.69, 9.17) is 0 Å². The smallest absolute Gasteiger partial charge is 0.310 e. The van der Waals surface area contributed by atoms with E-state index in [0.717, 1.165) is 46.5 Å². The number of rotatable bonds is 4. The standard InChI is InChI=1S/C21H21N5/c1-14(2)8-9-16-15(3)17(12-22)20-24-18-6-4-5-7-19(18)26(20)21(16)25-11-10-23-13-25/h4-7,10-11,13-14H,8-9H2,1-3H3/p+2. The van der Waals surface area contributed by atoms with Crippen LogP contribution in [0.1, 0.15) is 37.0 Å².